The first-order valence-corrected chi connectivity index (χ1v) is 8.28. The lowest BCUT2D eigenvalue weighted by Crippen LogP contribution is -2.47. The molecule has 0 aromatic heterocycles. The molecule has 0 saturated carbocycles. The number of nitrogens with two attached hydrogens (primary N) is 1. The van der Waals surface area contributed by atoms with Gasteiger partial charge in [-0.3, -0.25) is 0 Å². The number of benzene rings is 1. The molecule has 2 atom stereocenters. The lowest BCUT2D eigenvalue weighted by atomic mass is 9.58. The highest BCUT2D eigenvalue weighted by atomic mass is 16.5. The summed E-state index contributed by atoms with van der Waals surface area (Å²) < 4.78 is 5.21. The van der Waals surface area contributed by atoms with Crippen molar-refractivity contribution in [2.45, 2.75) is 5.92 Å². The quantitative estimate of drug-likeness (QED) is 0.878. The van der Waals surface area contributed by atoms with Gasteiger partial charge in [-0.1, -0.05) is 18.2 Å². The molecule has 1 aliphatic carbocycles. The molecule has 6 nitrogen and oxygen atoms in total. The van der Waals surface area contributed by atoms with Gasteiger partial charge in [0.15, 0.2) is 5.41 Å². The number of ether oxygens (including phenoxy) is 1. The highest BCUT2D eigenvalue weighted by molar-refractivity contribution is 5.59. The molecule has 0 saturated heterocycles. The van der Waals surface area contributed by atoms with Gasteiger partial charge in [0.25, 0.3) is 0 Å². The van der Waals surface area contributed by atoms with Crippen molar-refractivity contribution in [3.05, 3.63) is 52.7 Å². The Kier molecular flexibility index (Phi) is 4.43. The van der Waals surface area contributed by atoms with Gasteiger partial charge in [0.1, 0.15) is 11.8 Å². The molecule has 130 valence electrons. The van der Waals surface area contributed by atoms with Crippen LogP contribution < -0.4 is 10.5 Å². The normalized spacial score (nSPS) is 24.5. The van der Waals surface area contributed by atoms with Gasteiger partial charge in [-0.05, 0) is 30.3 Å². The molecule has 0 fully saturated rings. The first kappa shape index (κ1) is 17.5. The molecule has 26 heavy (non-hydrogen) atoms. The smallest absolute Gasteiger partial charge is 0.191 e. The van der Waals surface area contributed by atoms with E-state index in [9.17, 15) is 15.8 Å². The summed E-state index contributed by atoms with van der Waals surface area (Å²) in [5.74, 6) is 0.0692. The Labute approximate surface area is 153 Å². The second kappa shape index (κ2) is 6.56. The minimum atomic E-state index is -1.58. The van der Waals surface area contributed by atoms with Gasteiger partial charge in [0, 0.05) is 24.9 Å². The first-order chi connectivity index (χ1) is 12.5. The molecule has 0 bridgehead atoms. The van der Waals surface area contributed by atoms with E-state index in [1.807, 2.05) is 37.4 Å². The largest absolute Gasteiger partial charge is 0.497 e. The van der Waals surface area contributed by atoms with Crippen LogP contribution in [0.5, 0.6) is 5.75 Å². The standard InChI is InChI=1S/C20H19N5O/c1-25-8-7-15-16(9-21)19(24)20(11-22,12-23)18(17(15)10-25)13-3-5-14(26-2)6-4-13/h3-7,17-18H,8,10,24H2,1-2H3/t17-,18-/m1/s1. The van der Waals surface area contributed by atoms with Crippen LogP contribution >= 0.6 is 0 Å². The van der Waals surface area contributed by atoms with E-state index in [4.69, 9.17) is 10.5 Å². The van der Waals surface area contributed by atoms with Gasteiger partial charge in [-0.2, -0.15) is 15.8 Å². The van der Waals surface area contributed by atoms with Gasteiger partial charge in [-0.15, -0.1) is 0 Å². The van der Waals surface area contributed by atoms with Crippen molar-refractivity contribution in [2.24, 2.45) is 17.1 Å². The Morgan fingerprint density at radius 3 is 2.38 bits per heavy atom. The third-order valence-electron chi connectivity index (χ3n) is 5.32. The molecule has 2 aliphatic rings. The Hall–Kier alpha value is -3.27. The van der Waals surface area contributed by atoms with Crippen molar-refractivity contribution >= 4 is 0 Å². The fourth-order valence-corrected chi connectivity index (χ4v) is 4.01. The number of fused-ring (bicyclic) bond motifs is 1. The van der Waals surface area contributed by atoms with Crippen LogP contribution in [0.3, 0.4) is 0 Å². The molecule has 1 aliphatic heterocycles. The topological polar surface area (TPSA) is 110 Å². The van der Waals surface area contributed by atoms with Crippen molar-refractivity contribution in [2.75, 3.05) is 27.2 Å². The predicted octanol–water partition coefficient (Wildman–Crippen LogP) is 2.05. The molecule has 1 aromatic carbocycles. The minimum absolute atomic E-state index is 0.0536. The van der Waals surface area contributed by atoms with E-state index >= 15 is 0 Å². The van der Waals surface area contributed by atoms with Gasteiger partial charge in [0.2, 0.25) is 0 Å². The number of nitriles is 3. The molecule has 2 N–H and O–H groups in total. The number of nitrogens with zero attached hydrogens (tertiary/aromatic N) is 4. The van der Waals surface area contributed by atoms with Crippen LogP contribution in [-0.2, 0) is 0 Å². The lowest BCUT2D eigenvalue weighted by Gasteiger charge is -2.45. The maximum atomic E-state index is 9.96. The lowest BCUT2D eigenvalue weighted by molar-refractivity contribution is 0.237. The van der Waals surface area contributed by atoms with Crippen molar-refractivity contribution in [3.8, 4) is 24.0 Å². The summed E-state index contributed by atoms with van der Waals surface area (Å²) in [5, 5.41) is 29.6. The number of hydrogen-bond donors (Lipinski definition) is 1. The molecule has 0 radical (unpaired) electrons. The van der Waals surface area contributed by atoms with Crippen molar-refractivity contribution < 1.29 is 4.74 Å². The van der Waals surface area contributed by atoms with Gasteiger partial charge in [0.05, 0.1) is 30.5 Å². The molecule has 6 heteroatoms. The second-order valence-corrected chi connectivity index (χ2v) is 6.67. The number of hydrogen-bond acceptors (Lipinski definition) is 6. The van der Waals surface area contributed by atoms with Crippen molar-refractivity contribution in [1.29, 1.82) is 15.8 Å². The summed E-state index contributed by atoms with van der Waals surface area (Å²) >= 11 is 0. The average Bonchev–Trinajstić information content (AvgIpc) is 2.67. The number of allylic oxidation sites excluding steroid dienone is 2. The van der Waals surface area contributed by atoms with Crippen LogP contribution in [-0.4, -0.2) is 32.1 Å². The summed E-state index contributed by atoms with van der Waals surface area (Å²) in [5.41, 5.74) is 6.66. The summed E-state index contributed by atoms with van der Waals surface area (Å²) in [6.07, 6.45) is 1.98. The molecule has 1 aromatic rings. The molecule has 1 heterocycles. The fourth-order valence-electron chi connectivity index (χ4n) is 4.01. The Morgan fingerprint density at radius 1 is 1.19 bits per heavy atom. The van der Waals surface area contributed by atoms with E-state index in [1.165, 1.54) is 0 Å². The molecular weight excluding hydrogens is 326 g/mol. The van der Waals surface area contributed by atoms with E-state index in [0.29, 0.717) is 18.8 Å². The molecule has 0 unspecified atom stereocenters. The van der Waals surface area contributed by atoms with E-state index in [2.05, 4.69) is 23.1 Å². The average molecular weight is 345 g/mol. The minimum Gasteiger partial charge on any atom is -0.497 e. The third kappa shape index (κ3) is 2.42. The van der Waals surface area contributed by atoms with E-state index in [0.717, 1.165) is 11.1 Å². The molecule has 0 amide bonds. The summed E-state index contributed by atoms with van der Waals surface area (Å²) in [4.78, 5) is 2.11. The van der Waals surface area contributed by atoms with E-state index in [1.54, 1.807) is 7.11 Å². The third-order valence-corrected chi connectivity index (χ3v) is 5.32. The SMILES string of the molecule is COc1ccc([C@@H]2[C@@H]3CN(C)CC=C3C(C#N)=C(N)C2(C#N)C#N)cc1. The Balaban J connectivity index is 2.28. The van der Waals surface area contributed by atoms with Crippen LogP contribution in [0, 0.1) is 45.3 Å². The fraction of sp³-hybridized carbons (Fsp3) is 0.350. The Morgan fingerprint density at radius 2 is 1.85 bits per heavy atom. The van der Waals surface area contributed by atoms with Crippen molar-refractivity contribution in [3.63, 3.8) is 0 Å². The predicted molar refractivity (Wildman–Crippen MR) is 95.3 cm³/mol. The Bertz CT molecular complexity index is 893. The highest BCUT2D eigenvalue weighted by Gasteiger charge is 2.54. The van der Waals surface area contributed by atoms with Crippen molar-refractivity contribution in [1.82, 2.24) is 4.90 Å². The first-order valence-electron chi connectivity index (χ1n) is 8.28. The maximum Gasteiger partial charge on any atom is 0.191 e. The molecular formula is C20H19N5O. The van der Waals surface area contributed by atoms with Crippen LogP contribution in [0.15, 0.2) is 47.2 Å². The van der Waals surface area contributed by atoms with Gasteiger partial charge in [-0.25, -0.2) is 0 Å². The van der Waals surface area contributed by atoms with Crippen LogP contribution in [0.1, 0.15) is 11.5 Å². The van der Waals surface area contributed by atoms with Crippen LogP contribution in [0.2, 0.25) is 0 Å². The maximum absolute atomic E-state index is 9.96. The number of methoxy groups -OCH3 is 1. The zero-order valence-electron chi connectivity index (χ0n) is 14.7. The van der Waals surface area contributed by atoms with E-state index < -0.39 is 11.3 Å². The van der Waals surface area contributed by atoms with Gasteiger partial charge >= 0.3 is 0 Å². The second-order valence-electron chi connectivity index (χ2n) is 6.67. The zero-order valence-corrected chi connectivity index (χ0v) is 14.7. The molecule has 0 spiro atoms. The van der Waals surface area contributed by atoms with Crippen LogP contribution in [0.25, 0.3) is 0 Å². The van der Waals surface area contributed by atoms with Gasteiger partial charge < -0.3 is 15.4 Å². The van der Waals surface area contributed by atoms with Crippen LogP contribution in [0.4, 0.5) is 0 Å². The summed E-state index contributed by atoms with van der Waals surface area (Å²) in [7, 11) is 3.56. The van der Waals surface area contributed by atoms with E-state index in [-0.39, 0.29) is 17.2 Å². The summed E-state index contributed by atoms with van der Waals surface area (Å²) in [6.45, 7) is 1.35. The molecule has 3 rings (SSSR count). The monoisotopic (exact) mass is 345 g/mol. The number of likely N-dealkylation sites (N-methyl/N-ethyl adjacent to an activating group) is 1. The zero-order chi connectivity index (χ0) is 18.9. The number of rotatable bonds is 2. The summed E-state index contributed by atoms with van der Waals surface area (Å²) in [6, 6.07) is 13.7. The highest BCUT2D eigenvalue weighted by Crippen LogP contribution is 2.54.